The standard InChI is InChI=1S/C18H24N6OS/c1-3-19-18(26)22-17-20-15(13-16(21-17)25-2)24-11-9-23(10-12-24)14-7-5-4-6-8-14/h4-8,13H,3,9-12H2,1-2H3,(H2,19,20,21,22,26). The molecule has 0 amide bonds. The maximum absolute atomic E-state index is 5.33. The van der Waals surface area contributed by atoms with Crippen LogP contribution < -0.4 is 25.2 Å². The zero-order valence-electron chi connectivity index (χ0n) is 15.1. The van der Waals surface area contributed by atoms with E-state index in [1.54, 1.807) is 7.11 Å². The lowest BCUT2D eigenvalue weighted by Crippen LogP contribution is -2.46. The third-order valence-corrected chi connectivity index (χ3v) is 4.43. The van der Waals surface area contributed by atoms with Gasteiger partial charge in [0.2, 0.25) is 11.8 Å². The average Bonchev–Trinajstić information content (AvgIpc) is 2.68. The van der Waals surface area contributed by atoms with Crippen molar-refractivity contribution in [3.05, 3.63) is 36.4 Å². The second-order valence-electron chi connectivity index (χ2n) is 5.89. The highest BCUT2D eigenvalue weighted by atomic mass is 32.1. The number of nitrogens with one attached hydrogen (secondary N) is 2. The summed E-state index contributed by atoms with van der Waals surface area (Å²) in [5.41, 5.74) is 1.26. The number of piperazine rings is 1. The van der Waals surface area contributed by atoms with Gasteiger partial charge in [-0.05, 0) is 31.3 Å². The SMILES string of the molecule is CCNC(=S)Nc1nc(OC)cc(N2CCN(c3ccccc3)CC2)n1. The molecule has 0 atom stereocenters. The molecular weight excluding hydrogens is 348 g/mol. The first-order valence-electron chi connectivity index (χ1n) is 8.72. The van der Waals surface area contributed by atoms with Crippen LogP contribution in [-0.2, 0) is 0 Å². The first kappa shape index (κ1) is 18.2. The third-order valence-electron chi connectivity index (χ3n) is 4.19. The molecule has 1 fully saturated rings. The molecule has 0 saturated carbocycles. The molecular formula is C18H24N6OS. The summed E-state index contributed by atoms with van der Waals surface area (Å²) in [6.45, 7) is 6.37. The lowest BCUT2D eigenvalue weighted by atomic mass is 10.2. The summed E-state index contributed by atoms with van der Waals surface area (Å²) < 4.78 is 5.33. The average molecular weight is 372 g/mol. The predicted octanol–water partition coefficient (Wildman–Crippen LogP) is 2.12. The van der Waals surface area contributed by atoms with Crippen LogP contribution in [0.2, 0.25) is 0 Å². The van der Waals surface area contributed by atoms with E-state index in [0.717, 1.165) is 38.5 Å². The number of aromatic nitrogens is 2. The molecule has 1 aliphatic rings. The minimum absolute atomic E-state index is 0.441. The number of para-hydroxylation sites is 1. The smallest absolute Gasteiger partial charge is 0.234 e. The Morgan fingerprint density at radius 1 is 1.12 bits per heavy atom. The third kappa shape index (κ3) is 4.51. The molecule has 0 bridgehead atoms. The Labute approximate surface area is 159 Å². The van der Waals surface area contributed by atoms with Crippen LogP contribution in [0, 0.1) is 0 Å². The van der Waals surface area contributed by atoms with Gasteiger partial charge in [0, 0.05) is 44.5 Å². The van der Waals surface area contributed by atoms with Crippen molar-refractivity contribution in [1.82, 2.24) is 15.3 Å². The van der Waals surface area contributed by atoms with Gasteiger partial charge in [0.1, 0.15) is 5.82 Å². The molecule has 138 valence electrons. The second kappa shape index (κ2) is 8.66. The van der Waals surface area contributed by atoms with Gasteiger partial charge in [-0.15, -0.1) is 0 Å². The molecule has 1 aromatic heterocycles. The van der Waals surface area contributed by atoms with E-state index in [0.29, 0.717) is 16.9 Å². The van der Waals surface area contributed by atoms with Crippen molar-refractivity contribution in [2.75, 3.05) is 55.0 Å². The fourth-order valence-electron chi connectivity index (χ4n) is 2.87. The molecule has 3 rings (SSSR count). The number of hydrogen-bond acceptors (Lipinski definition) is 6. The predicted molar refractivity (Wildman–Crippen MR) is 109 cm³/mol. The van der Waals surface area contributed by atoms with Crippen molar-refractivity contribution in [3.63, 3.8) is 0 Å². The van der Waals surface area contributed by atoms with Crippen molar-refractivity contribution in [2.45, 2.75) is 6.92 Å². The van der Waals surface area contributed by atoms with Crippen molar-refractivity contribution in [1.29, 1.82) is 0 Å². The van der Waals surface area contributed by atoms with Crippen molar-refractivity contribution < 1.29 is 4.74 Å². The van der Waals surface area contributed by atoms with Crippen LogP contribution in [0.25, 0.3) is 0 Å². The summed E-state index contributed by atoms with van der Waals surface area (Å²) in [5.74, 6) is 1.80. The summed E-state index contributed by atoms with van der Waals surface area (Å²) in [6, 6.07) is 12.3. The maximum Gasteiger partial charge on any atom is 0.234 e. The molecule has 2 N–H and O–H groups in total. The normalized spacial score (nSPS) is 14.1. The van der Waals surface area contributed by atoms with E-state index < -0.39 is 0 Å². The lowest BCUT2D eigenvalue weighted by Gasteiger charge is -2.36. The number of rotatable bonds is 5. The highest BCUT2D eigenvalue weighted by molar-refractivity contribution is 7.80. The Bertz CT molecular complexity index is 734. The summed E-state index contributed by atoms with van der Waals surface area (Å²) in [6.07, 6.45) is 0. The summed E-state index contributed by atoms with van der Waals surface area (Å²) in [7, 11) is 1.60. The van der Waals surface area contributed by atoms with E-state index in [1.165, 1.54) is 5.69 Å². The number of benzene rings is 1. The first-order chi connectivity index (χ1) is 12.7. The maximum atomic E-state index is 5.33. The highest BCUT2D eigenvalue weighted by Gasteiger charge is 2.20. The molecule has 0 unspecified atom stereocenters. The van der Waals surface area contributed by atoms with E-state index in [4.69, 9.17) is 17.0 Å². The van der Waals surface area contributed by atoms with Crippen LogP contribution in [0.5, 0.6) is 5.88 Å². The van der Waals surface area contributed by atoms with Gasteiger partial charge in [0.25, 0.3) is 0 Å². The summed E-state index contributed by atoms with van der Waals surface area (Å²) in [5, 5.41) is 6.55. The minimum Gasteiger partial charge on any atom is -0.481 e. The lowest BCUT2D eigenvalue weighted by molar-refractivity contribution is 0.397. The molecule has 0 radical (unpaired) electrons. The van der Waals surface area contributed by atoms with Gasteiger partial charge >= 0.3 is 0 Å². The van der Waals surface area contributed by atoms with Gasteiger partial charge in [-0.3, -0.25) is 0 Å². The monoisotopic (exact) mass is 372 g/mol. The minimum atomic E-state index is 0.441. The zero-order valence-corrected chi connectivity index (χ0v) is 15.9. The number of ether oxygens (including phenoxy) is 1. The van der Waals surface area contributed by atoms with Crippen LogP contribution in [0.3, 0.4) is 0 Å². The fraction of sp³-hybridized carbons (Fsp3) is 0.389. The highest BCUT2D eigenvalue weighted by Crippen LogP contribution is 2.23. The van der Waals surface area contributed by atoms with Crippen molar-refractivity contribution in [3.8, 4) is 5.88 Å². The molecule has 2 heterocycles. The Morgan fingerprint density at radius 3 is 2.46 bits per heavy atom. The van der Waals surface area contributed by atoms with Gasteiger partial charge in [-0.25, -0.2) is 0 Å². The van der Waals surface area contributed by atoms with Gasteiger partial charge in [-0.2, -0.15) is 9.97 Å². The second-order valence-corrected chi connectivity index (χ2v) is 6.29. The number of thiocarbonyl (C=S) groups is 1. The Morgan fingerprint density at radius 2 is 1.81 bits per heavy atom. The van der Waals surface area contributed by atoms with Crippen LogP contribution in [0.4, 0.5) is 17.5 Å². The number of methoxy groups -OCH3 is 1. The molecule has 1 aromatic carbocycles. The zero-order chi connectivity index (χ0) is 18.4. The van der Waals surface area contributed by atoms with Crippen molar-refractivity contribution >= 4 is 34.8 Å². The van der Waals surface area contributed by atoms with Crippen LogP contribution in [0.15, 0.2) is 36.4 Å². The number of hydrogen-bond donors (Lipinski definition) is 2. The molecule has 8 heteroatoms. The van der Waals surface area contributed by atoms with E-state index in [-0.39, 0.29) is 0 Å². The number of anilines is 3. The van der Waals surface area contributed by atoms with Gasteiger partial charge < -0.3 is 25.2 Å². The molecule has 7 nitrogen and oxygen atoms in total. The largest absolute Gasteiger partial charge is 0.481 e. The molecule has 1 saturated heterocycles. The van der Waals surface area contributed by atoms with Gasteiger partial charge in [0.15, 0.2) is 5.11 Å². The molecule has 2 aromatic rings. The topological polar surface area (TPSA) is 65.6 Å². The Hall–Kier alpha value is -2.61. The molecule has 1 aliphatic heterocycles. The molecule has 26 heavy (non-hydrogen) atoms. The van der Waals surface area contributed by atoms with E-state index >= 15 is 0 Å². The van der Waals surface area contributed by atoms with Crippen LogP contribution >= 0.6 is 12.2 Å². The molecule has 0 spiro atoms. The van der Waals surface area contributed by atoms with Crippen LogP contribution in [0.1, 0.15) is 6.92 Å². The molecule has 0 aliphatic carbocycles. The fourth-order valence-corrected chi connectivity index (χ4v) is 3.11. The first-order valence-corrected chi connectivity index (χ1v) is 9.13. The van der Waals surface area contributed by atoms with E-state index in [9.17, 15) is 0 Å². The van der Waals surface area contributed by atoms with Gasteiger partial charge in [0.05, 0.1) is 7.11 Å². The van der Waals surface area contributed by atoms with E-state index in [2.05, 4.69) is 54.7 Å². The Balaban J connectivity index is 1.70. The van der Waals surface area contributed by atoms with E-state index in [1.807, 2.05) is 19.1 Å². The van der Waals surface area contributed by atoms with Crippen LogP contribution in [-0.4, -0.2) is 54.9 Å². The van der Waals surface area contributed by atoms with Gasteiger partial charge in [-0.1, -0.05) is 18.2 Å². The Kier molecular flexibility index (Phi) is 6.06. The van der Waals surface area contributed by atoms with Crippen molar-refractivity contribution in [2.24, 2.45) is 0 Å². The summed E-state index contributed by atoms with van der Waals surface area (Å²) in [4.78, 5) is 13.5. The summed E-state index contributed by atoms with van der Waals surface area (Å²) >= 11 is 5.22. The quantitative estimate of drug-likeness (QED) is 0.774. The number of nitrogens with zero attached hydrogens (tertiary/aromatic N) is 4.